The Bertz CT molecular complexity index is 271. The van der Waals surface area contributed by atoms with Gasteiger partial charge in [-0.05, 0) is 75.8 Å². The molecule has 0 aromatic carbocycles. The van der Waals surface area contributed by atoms with E-state index in [4.69, 9.17) is 5.73 Å². The Kier molecular flexibility index (Phi) is 3.44. The van der Waals surface area contributed by atoms with Crippen LogP contribution in [0.3, 0.4) is 0 Å². The van der Waals surface area contributed by atoms with Crippen molar-refractivity contribution in [2.45, 2.75) is 57.4 Å². The van der Waals surface area contributed by atoms with Gasteiger partial charge >= 0.3 is 0 Å². The molecule has 2 N–H and O–H groups in total. The first kappa shape index (κ1) is 12.9. The van der Waals surface area contributed by atoms with E-state index in [0.29, 0.717) is 5.54 Å². The van der Waals surface area contributed by atoms with E-state index < -0.39 is 0 Å². The van der Waals surface area contributed by atoms with Crippen molar-refractivity contribution in [2.75, 3.05) is 20.1 Å². The summed E-state index contributed by atoms with van der Waals surface area (Å²) in [7, 11) is 2.35. The number of nitrogens with zero attached hydrogens (tertiary/aromatic N) is 1. The van der Waals surface area contributed by atoms with Gasteiger partial charge in [0.2, 0.25) is 0 Å². The summed E-state index contributed by atoms with van der Waals surface area (Å²) in [6.45, 7) is 4.43. The lowest BCUT2D eigenvalue weighted by atomic mass is 9.48. The molecule has 0 aliphatic heterocycles. The fourth-order valence-electron chi connectivity index (χ4n) is 5.72. The topological polar surface area (TPSA) is 29.3 Å². The number of nitrogens with two attached hydrogens (primary N) is 1. The molecule has 4 fully saturated rings. The van der Waals surface area contributed by atoms with Crippen LogP contribution < -0.4 is 5.73 Å². The van der Waals surface area contributed by atoms with Crippen LogP contribution in [0.2, 0.25) is 0 Å². The summed E-state index contributed by atoms with van der Waals surface area (Å²) in [6, 6.07) is 0. The third-order valence-electron chi connectivity index (χ3n) is 6.44. The van der Waals surface area contributed by atoms with Crippen molar-refractivity contribution in [2.24, 2.45) is 29.4 Å². The average Bonchev–Trinajstić information content (AvgIpc) is 2.36. The number of rotatable bonds is 5. The van der Waals surface area contributed by atoms with Crippen molar-refractivity contribution < 1.29 is 0 Å². The van der Waals surface area contributed by atoms with Crippen LogP contribution in [0.1, 0.15) is 51.9 Å². The minimum Gasteiger partial charge on any atom is -0.329 e. The van der Waals surface area contributed by atoms with E-state index in [2.05, 4.69) is 18.9 Å². The molecule has 4 saturated carbocycles. The molecule has 0 aromatic heterocycles. The fourth-order valence-corrected chi connectivity index (χ4v) is 5.72. The lowest BCUT2D eigenvalue weighted by Gasteiger charge is -2.64. The van der Waals surface area contributed by atoms with Crippen molar-refractivity contribution in [3.63, 3.8) is 0 Å². The maximum Gasteiger partial charge on any atom is 0.0385 e. The summed E-state index contributed by atoms with van der Waals surface area (Å²) in [5.41, 5.74) is 6.68. The molecule has 2 nitrogen and oxygen atoms in total. The second-order valence-electron chi connectivity index (χ2n) is 7.27. The molecule has 104 valence electrons. The number of likely N-dealkylation sites (N-methyl/N-ethyl adjacent to an activating group) is 1. The molecular formula is C16H30N2. The van der Waals surface area contributed by atoms with Crippen LogP contribution in [-0.2, 0) is 0 Å². The third kappa shape index (κ3) is 1.76. The quantitative estimate of drug-likeness (QED) is 0.813. The number of hydrogen-bond donors (Lipinski definition) is 1. The van der Waals surface area contributed by atoms with Gasteiger partial charge in [-0.2, -0.15) is 0 Å². The molecule has 0 unspecified atom stereocenters. The molecule has 0 spiro atoms. The summed E-state index contributed by atoms with van der Waals surface area (Å²) in [5, 5.41) is 0. The van der Waals surface area contributed by atoms with E-state index in [0.717, 1.165) is 30.2 Å². The second-order valence-corrected chi connectivity index (χ2v) is 7.27. The Morgan fingerprint density at radius 2 is 1.61 bits per heavy atom. The highest BCUT2D eigenvalue weighted by Crippen LogP contribution is 2.59. The molecule has 0 aromatic rings. The van der Waals surface area contributed by atoms with Crippen molar-refractivity contribution in [1.29, 1.82) is 0 Å². The monoisotopic (exact) mass is 250 g/mol. The minimum atomic E-state index is 0.364. The van der Waals surface area contributed by atoms with Gasteiger partial charge in [-0.3, -0.25) is 4.90 Å². The Balaban J connectivity index is 1.82. The van der Waals surface area contributed by atoms with Gasteiger partial charge < -0.3 is 5.73 Å². The maximum absolute atomic E-state index is 6.32. The highest BCUT2D eigenvalue weighted by atomic mass is 15.2. The molecule has 0 heterocycles. The molecule has 18 heavy (non-hydrogen) atoms. The summed E-state index contributed by atoms with van der Waals surface area (Å²) in [5.74, 6) is 3.90. The van der Waals surface area contributed by atoms with Crippen LogP contribution in [0.4, 0.5) is 0 Å². The largest absolute Gasteiger partial charge is 0.329 e. The van der Waals surface area contributed by atoms with Crippen molar-refractivity contribution in [3.05, 3.63) is 0 Å². The number of unbranched alkanes of at least 4 members (excludes halogenated alkanes) is 1. The highest BCUT2D eigenvalue weighted by molar-refractivity contribution is 5.12. The summed E-state index contributed by atoms with van der Waals surface area (Å²) >= 11 is 0. The first-order chi connectivity index (χ1) is 8.70. The minimum absolute atomic E-state index is 0.364. The predicted octanol–water partition coefficient (Wildman–Crippen LogP) is 2.87. The normalized spacial score (nSPS) is 46.0. The lowest BCUT2D eigenvalue weighted by Crippen LogP contribution is -2.68. The average molecular weight is 250 g/mol. The smallest absolute Gasteiger partial charge is 0.0385 e. The van der Waals surface area contributed by atoms with E-state index >= 15 is 0 Å². The first-order valence-electron chi connectivity index (χ1n) is 8.12. The molecule has 4 bridgehead atoms. The van der Waals surface area contributed by atoms with Gasteiger partial charge in [0, 0.05) is 12.1 Å². The summed E-state index contributed by atoms with van der Waals surface area (Å²) in [4.78, 5) is 2.67. The highest BCUT2D eigenvalue weighted by Gasteiger charge is 2.57. The van der Waals surface area contributed by atoms with Gasteiger partial charge in [-0.15, -0.1) is 0 Å². The van der Waals surface area contributed by atoms with Crippen LogP contribution >= 0.6 is 0 Å². The molecule has 4 rings (SSSR count). The zero-order valence-corrected chi connectivity index (χ0v) is 12.2. The van der Waals surface area contributed by atoms with Crippen LogP contribution in [-0.4, -0.2) is 30.6 Å². The van der Waals surface area contributed by atoms with Crippen LogP contribution in [0.5, 0.6) is 0 Å². The Morgan fingerprint density at radius 1 is 1.06 bits per heavy atom. The molecule has 0 saturated heterocycles. The van der Waals surface area contributed by atoms with E-state index in [1.807, 2.05) is 0 Å². The Morgan fingerprint density at radius 3 is 2.06 bits per heavy atom. The molecular weight excluding hydrogens is 220 g/mol. The van der Waals surface area contributed by atoms with Gasteiger partial charge in [0.05, 0.1) is 0 Å². The van der Waals surface area contributed by atoms with Crippen LogP contribution in [0, 0.1) is 23.7 Å². The van der Waals surface area contributed by atoms with Crippen LogP contribution in [0.15, 0.2) is 0 Å². The molecule has 0 atom stereocenters. The lowest BCUT2D eigenvalue weighted by molar-refractivity contribution is -0.123. The van der Waals surface area contributed by atoms with Gasteiger partial charge in [0.1, 0.15) is 0 Å². The maximum atomic E-state index is 6.32. The van der Waals surface area contributed by atoms with E-state index in [1.165, 1.54) is 51.5 Å². The predicted molar refractivity (Wildman–Crippen MR) is 76.4 cm³/mol. The van der Waals surface area contributed by atoms with E-state index in [-0.39, 0.29) is 0 Å². The van der Waals surface area contributed by atoms with E-state index in [1.54, 1.807) is 0 Å². The first-order valence-corrected chi connectivity index (χ1v) is 8.12. The Hall–Kier alpha value is -0.0800. The van der Waals surface area contributed by atoms with Gasteiger partial charge in [0.15, 0.2) is 0 Å². The zero-order chi connectivity index (χ0) is 12.8. The molecule has 0 amide bonds. The van der Waals surface area contributed by atoms with Crippen molar-refractivity contribution >= 4 is 0 Å². The van der Waals surface area contributed by atoms with Crippen molar-refractivity contribution in [1.82, 2.24) is 4.90 Å². The number of hydrogen-bond acceptors (Lipinski definition) is 2. The molecule has 2 heteroatoms. The second kappa shape index (κ2) is 4.79. The van der Waals surface area contributed by atoms with Crippen LogP contribution in [0.25, 0.3) is 0 Å². The molecule has 4 aliphatic rings. The SMILES string of the molecule is CCCCN(C)C1(CN)C2CC3CC(C2)CC1C3. The third-order valence-corrected chi connectivity index (χ3v) is 6.44. The zero-order valence-electron chi connectivity index (χ0n) is 12.2. The molecule has 4 aliphatic carbocycles. The summed E-state index contributed by atoms with van der Waals surface area (Å²) < 4.78 is 0. The fraction of sp³-hybridized carbons (Fsp3) is 1.00. The standard InChI is InChI=1S/C16H30N2/c1-3-4-5-18(2)16(11-17)14-7-12-6-13(9-14)10-15(16)8-12/h12-15H,3-11,17H2,1-2H3. The van der Waals surface area contributed by atoms with Gasteiger partial charge in [0.25, 0.3) is 0 Å². The summed E-state index contributed by atoms with van der Waals surface area (Å²) in [6.07, 6.45) is 10.0. The van der Waals surface area contributed by atoms with E-state index in [9.17, 15) is 0 Å². The molecule has 0 radical (unpaired) electrons. The van der Waals surface area contributed by atoms with Gasteiger partial charge in [-0.1, -0.05) is 13.3 Å². The Labute approximate surface area is 112 Å². The van der Waals surface area contributed by atoms with Gasteiger partial charge in [-0.25, -0.2) is 0 Å². The van der Waals surface area contributed by atoms with Crippen molar-refractivity contribution in [3.8, 4) is 0 Å².